The van der Waals surface area contributed by atoms with E-state index in [0.717, 1.165) is 10.4 Å². The summed E-state index contributed by atoms with van der Waals surface area (Å²) in [5.41, 5.74) is 5.56. The Hall–Kier alpha value is -1.00. The van der Waals surface area contributed by atoms with E-state index < -0.39 is 20.0 Å². The minimum atomic E-state index is -3.75. The highest BCUT2D eigenvalue weighted by molar-refractivity contribution is 7.90. The normalized spacial score (nSPS) is 14.3. The van der Waals surface area contributed by atoms with Crippen LogP contribution in [0.25, 0.3) is 0 Å². The number of nitrogens with zero attached hydrogens (tertiary/aromatic N) is 1. The maximum Gasteiger partial charge on any atom is 0.242 e. The number of hydrogen-bond donors (Lipinski definition) is 2. The van der Waals surface area contributed by atoms with Gasteiger partial charge in [0.05, 0.1) is 9.79 Å². The van der Waals surface area contributed by atoms with Gasteiger partial charge in [-0.3, -0.25) is 0 Å². The number of nitrogens with two attached hydrogens (primary N) is 1. The summed E-state index contributed by atoms with van der Waals surface area (Å²) in [5.74, 6) is 0. The van der Waals surface area contributed by atoms with Gasteiger partial charge < -0.3 is 5.73 Å². The first-order valence-electron chi connectivity index (χ1n) is 6.35. The van der Waals surface area contributed by atoms with Gasteiger partial charge in [-0.15, -0.1) is 0 Å². The van der Waals surface area contributed by atoms with E-state index in [2.05, 4.69) is 4.72 Å². The van der Waals surface area contributed by atoms with Crippen molar-refractivity contribution in [3.8, 4) is 0 Å². The molecule has 1 atom stereocenters. The minimum Gasteiger partial charge on any atom is -0.328 e. The van der Waals surface area contributed by atoms with Crippen molar-refractivity contribution in [2.45, 2.75) is 29.2 Å². The van der Waals surface area contributed by atoms with Gasteiger partial charge >= 0.3 is 0 Å². The first-order valence-corrected chi connectivity index (χ1v) is 9.27. The molecular formula is C12H21N3O4S2. The summed E-state index contributed by atoms with van der Waals surface area (Å²) < 4.78 is 51.7. The van der Waals surface area contributed by atoms with Crippen LogP contribution in [0, 0.1) is 0 Å². The van der Waals surface area contributed by atoms with Gasteiger partial charge in [0.1, 0.15) is 0 Å². The molecule has 1 aromatic rings. The Bertz CT molecular complexity index is 682. The monoisotopic (exact) mass is 335 g/mol. The van der Waals surface area contributed by atoms with Gasteiger partial charge in [0.15, 0.2) is 0 Å². The molecule has 3 N–H and O–H groups in total. The maximum atomic E-state index is 12.1. The van der Waals surface area contributed by atoms with Gasteiger partial charge in [-0.1, -0.05) is 6.07 Å². The van der Waals surface area contributed by atoms with Gasteiger partial charge in [0, 0.05) is 26.7 Å². The highest BCUT2D eigenvalue weighted by Crippen LogP contribution is 2.17. The van der Waals surface area contributed by atoms with Crippen LogP contribution in [0.4, 0.5) is 0 Å². The van der Waals surface area contributed by atoms with E-state index in [0.29, 0.717) is 6.42 Å². The fourth-order valence-corrected chi connectivity index (χ4v) is 3.63. The molecule has 0 spiro atoms. The molecule has 21 heavy (non-hydrogen) atoms. The second-order valence-corrected chi connectivity index (χ2v) is 8.84. The van der Waals surface area contributed by atoms with E-state index in [1.54, 1.807) is 6.92 Å². The largest absolute Gasteiger partial charge is 0.328 e. The van der Waals surface area contributed by atoms with Crippen LogP contribution in [-0.2, 0) is 20.0 Å². The zero-order chi connectivity index (χ0) is 16.3. The zero-order valence-corrected chi connectivity index (χ0v) is 13.9. The Balaban J connectivity index is 3.05. The molecule has 0 radical (unpaired) electrons. The molecule has 1 rings (SSSR count). The molecular weight excluding hydrogens is 314 g/mol. The molecule has 0 heterocycles. The number of benzene rings is 1. The summed E-state index contributed by atoms with van der Waals surface area (Å²) in [6, 6.07) is 5.13. The molecule has 120 valence electrons. The van der Waals surface area contributed by atoms with Crippen LogP contribution < -0.4 is 10.5 Å². The van der Waals surface area contributed by atoms with Gasteiger partial charge in [0.2, 0.25) is 20.0 Å². The lowest BCUT2D eigenvalue weighted by Crippen LogP contribution is -2.29. The van der Waals surface area contributed by atoms with Crippen molar-refractivity contribution in [1.29, 1.82) is 0 Å². The number of nitrogens with one attached hydrogen (secondary N) is 1. The van der Waals surface area contributed by atoms with Crippen molar-refractivity contribution in [3.05, 3.63) is 24.3 Å². The quantitative estimate of drug-likeness (QED) is 0.726. The van der Waals surface area contributed by atoms with Gasteiger partial charge in [-0.2, -0.15) is 0 Å². The first-order chi connectivity index (χ1) is 9.57. The molecule has 0 fully saturated rings. The van der Waals surface area contributed by atoms with Crippen LogP contribution in [0.5, 0.6) is 0 Å². The van der Waals surface area contributed by atoms with Crippen molar-refractivity contribution < 1.29 is 16.8 Å². The molecule has 0 aliphatic rings. The lowest BCUT2D eigenvalue weighted by molar-refractivity contribution is 0.520. The Morgan fingerprint density at radius 2 is 1.76 bits per heavy atom. The summed E-state index contributed by atoms with van der Waals surface area (Å²) >= 11 is 0. The lowest BCUT2D eigenvalue weighted by atomic mass is 10.3. The third-order valence-corrected chi connectivity index (χ3v) is 6.06. The van der Waals surface area contributed by atoms with Crippen molar-refractivity contribution >= 4 is 20.0 Å². The molecule has 0 aromatic heterocycles. The van der Waals surface area contributed by atoms with Crippen LogP contribution in [0.1, 0.15) is 13.3 Å². The van der Waals surface area contributed by atoms with Gasteiger partial charge in [0.25, 0.3) is 0 Å². The molecule has 1 aromatic carbocycles. The Morgan fingerprint density at radius 3 is 2.29 bits per heavy atom. The lowest BCUT2D eigenvalue weighted by Gasteiger charge is -2.13. The maximum absolute atomic E-state index is 12.1. The van der Waals surface area contributed by atoms with E-state index in [1.807, 2.05) is 0 Å². The molecule has 0 bridgehead atoms. The molecule has 0 aliphatic carbocycles. The van der Waals surface area contributed by atoms with Gasteiger partial charge in [-0.05, 0) is 31.5 Å². The molecule has 9 heteroatoms. The Labute approximate surface area is 126 Å². The van der Waals surface area contributed by atoms with E-state index >= 15 is 0 Å². The summed E-state index contributed by atoms with van der Waals surface area (Å²) in [7, 11) is -4.65. The van der Waals surface area contributed by atoms with Crippen molar-refractivity contribution in [1.82, 2.24) is 9.03 Å². The van der Waals surface area contributed by atoms with Crippen LogP contribution in [0.3, 0.4) is 0 Å². The highest BCUT2D eigenvalue weighted by Gasteiger charge is 2.21. The third kappa shape index (κ3) is 4.75. The second kappa shape index (κ2) is 6.84. The fraction of sp³-hybridized carbons (Fsp3) is 0.500. The highest BCUT2D eigenvalue weighted by atomic mass is 32.2. The standard InChI is InChI=1S/C12H21N3O4S2/c1-10(13)7-8-14-20(16,17)11-5-4-6-12(9-11)21(18,19)15(2)3/h4-6,9-10,14H,7-8,13H2,1-3H3. The van der Waals surface area contributed by atoms with E-state index in [1.165, 1.54) is 32.3 Å². The summed E-state index contributed by atoms with van der Waals surface area (Å²) in [6.07, 6.45) is 0.495. The van der Waals surface area contributed by atoms with E-state index in [9.17, 15) is 16.8 Å². The van der Waals surface area contributed by atoms with Crippen molar-refractivity contribution in [3.63, 3.8) is 0 Å². The van der Waals surface area contributed by atoms with Gasteiger partial charge in [-0.25, -0.2) is 25.9 Å². The molecule has 0 aliphatic heterocycles. The van der Waals surface area contributed by atoms with Crippen LogP contribution in [0.2, 0.25) is 0 Å². The molecule has 0 saturated heterocycles. The van der Waals surface area contributed by atoms with Crippen LogP contribution >= 0.6 is 0 Å². The second-order valence-electron chi connectivity index (χ2n) is 4.93. The molecule has 0 saturated carbocycles. The average Bonchev–Trinajstić information content (AvgIpc) is 2.38. The topological polar surface area (TPSA) is 110 Å². The smallest absolute Gasteiger partial charge is 0.242 e. The Kier molecular flexibility index (Phi) is 5.88. The van der Waals surface area contributed by atoms with Crippen molar-refractivity contribution in [2.24, 2.45) is 5.73 Å². The van der Waals surface area contributed by atoms with Crippen LogP contribution in [0.15, 0.2) is 34.1 Å². The molecule has 1 unspecified atom stereocenters. The summed E-state index contributed by atoms with van der Waals surface area (Å²) in [6.45, 7) is 1.98. The zero-order valence-electron chi connectivity index (χ0n) is 12.3. The third-order valence-electron chi connectivity index (χ3n) is 2.79. The summed E-state index contributed by atoms with van der Waals surface area (Å²) in [5, 5.41) is 0. The van der Waals surface area contributed by atoms with E-state index in [4.69, 9.17) is 5.73 Å². The van der Waals surface area contributed by atoms with Crippen LogP contribution in [-0.4, -0.2) is 47.8 Å². The van der Waals surface area contributed by atoms with E-state index in [-0.39, 0.29) is 22.4 Å². The SMILES string of the molecule is CC(N)CCNS(=O)(=O)c1cccc(S(=O)(=O)N(C)C)c1. The number of sulfonamides is 2. The number of hydrogen-bond acceptors (Lipinski definition) is 5. The predicted molar refractivity (Wildman–Crippen MR) is 80.8 cm³/mol. The first kappa shape index (κ1) is 18.1. The average molecular weight is 335 g/mol. The molecule has 7 nitrogen and oxygen atoms in total. The predicted octanol–water partition coefficient (Wildman–Crippen LogP) is -0.0475. The fourth-order valence-electron chi connectivity index (χ4n) is 1.52. The molecule has 0 amide bonds. The van der Waals surface area contributed by atoms with Crippen molar-refractivity contribution in [2.75, 3.05) is 20.6 Å². The summed E-state index contributed by atoms with van der Waals surface area (Å²) in [4.78, 5) is -0.155. The number of rotatable bonds is 7. The Morgan fingerprint density at radius 1 is 1.19 bits per heavy atom. The minimum absolute atomic E-state index is 0.0671.